The first-order valence-corrected chi connectivity index (χ1v) is 31.9. The lowest BCUT2D eigenvalue weighted by Gasteiger charge is -2.18. The first-order valence-electron chi connectivity index (χ1n) is 31.9. The molecule has 6 heteroatoms. The zero-order valence-corrected chi connectivity index (χ0v) is 49.7. The summed E-state index contributed by atoms with van der Waals surface area (Å²) in [6.45, 7) is 6.41. The number of carbonyl (C=O) groups excluding carboxylic acids is 3. The predicted molar refractivity (Wildman–Crippen MR) is 330 cm³/mol. The Bertz CT molecular complexity index is 1540. The molecule has 0 aliphatic heterocycles. The maximum Gasteiger partial charge on any atom is 0.306 e. The molecule has 0 aliphatic rings. The third-order valence-corrected chi connectivity index (χ3v) is 13.5. The van der Waals surface area contributed by atoms with Crippen molar-refractivity contribution < 1.29 is 28.6 Å². The van der Waals surface area contributed by atoms with Gasteiger partial charge in [-0.15, -0.1) is 0 Å². The van der Waals surface area contributed by atoms with E-state index in [1.54, 1.807) is 0 Å². The second kappa shape index (κ2) is 63.6. The largest absolute Gasteiger partial charge is 0.462 e. The molecule has 434 valence electrons. The van der Waals surface area contributed by atoms with Crippen molar-refractivity contribution in [3.8, 4) is 0 Å². The van der Waals surface area contributed by atoms with Crippen molar-refractivity contribution in [2.75, 3.05) is 13.2 Å². The highest BCUT2D eigenvalue weighted by Gasteiger charge is 2.19. The van der Waals surface area contributed by atoms with Crippen molar-refractivity contribution >= 4 is 17.9 Å². The Kier molecular flexibility index (Phi) is 60.3. The Morgan fingerprint density at radius 2 is 0.513 bits per heavy atom. The molecule has 0 aromatic carbocycles. The van der Waals surface area contributed by atoms with Crippen LogP contribution in [0, 0.1) is 0 Å². The van der Waals surface area contributed by atoms with Crippen LogP contribution in [0.25, 0.3) is 0 Å². The van der Waals surface area contributed by atoms with E-state index in [0.717, 1.165) is 135 Å². The van der Waals surface area contributed by atoms with E-state index in [1.165, 1.54) is 122 Å². The second-order valence-corrected chi connectivity index (χ2v) is 20.9. The van der Waals surface area contributed by atoms with Crippen LogP contribution < -0.4 is 0 Å². The van der Waals surface area contributed by atoms with Gasteiger partial charge < -0.3 is 14.2 Å². The molecule has 0 spiro atoms. The van der Waals surface area contributed by atoms with Gasteiger partial charge in [-0.2, -0.15) is 0 Å². The van der Waals surface area contributed by atoms with Crippen molar-refractivity contribution in [1.82, 2.24) is 0 Å². The van der Waals surface area contributed by atoms with Crippen LogP contribution in [0.15, 0.2) is 109 Å². The molecule has 0 rings (SSSR count). The minimum atomic E-state index is -0.793. The molecule has 0 fully saturated rings. The topological polar surface area (TPSA) is 78.9 Å². The number of ether oxygens (including phenoxy) is 3. The number of rotatable bonds is 57. The third-order valence-electron chi connectivity index (χ3n) is 13.5. The van der Waals surface area contributed by atoms with Gasteiger partial charge in [0.1, 0.15) is 13.2 Å². The van der Waals surface area contributed by atoms with Crippen LogP contribution in [0.3, 0.4) is 0 Å². The van der Waals surface area contributed by atoms with Crippen LogP contribution in [0.1, 0.15) is 297 Å². The Morgan fingerprint density at radius 1 is 0.276 bits per heavy atom. The van der Waals surface area contributed by atoms with Gasteiger partial charge in [-0.3, -0.25) is 14.4 Å². The minimum Gasteiger partial charge on any atom is -0.462 e. The van der Waals surface area contributed by atoms with Gasteiger partial charge in [-0.25, -0.2) is 0 Å². The molecule has 0 heterocycles. The number of allylic oxidation sites excluding steroid dienone is 18. The standard InChI is InChI=1S/C70H118O6/c1-4-7-10-13-16-19-22-25-28-30-32-33-34-35-36-37-38-40-42-45-48-51-54-57-60-63-69(72)75-66-67(65-74-68(71)62-59-56-53-50-47-44-41-27-24-21-18-15-12-9-6-3)76-70(73)64-61-58-55-52-49-46-43-39-31-29-26-23-20-17-14-11-8-5-2/h7,9-10,12,16,18-19,21,25,27-29,31-33,35-36,41,67H,4-6,8,11,13-15,17,20,22-24,26,30,34,37-40,42-66H2,1-3H3/b10-7-,12-9-,19-16-,21-18-,28-25-,31-29-,33-32-,36-35-,41-27-. The highest BCUT2D eigenvalue weighted by molar-refractivity contribution is 5.71. The number of carbonyl (C=O) groups is 3. The maximum absolute atomic E-state index is 12.9. The van der Waals surface area contributed by atoms with Gasteiger partial charge in [0.05, 0.1) is 0 Å². The Hall–Kier alpha value is -3.93. The van der Waals surface area contributed by atoms with E-state index in [9.17, 15) is 14.4 Å². The molecule has 6 nitrogen and oxygen atoms in total. The number of hydrogen-bond donors (Lipinski definition) is 0. The molecule has 76 heavy (non-hydrogen) atoms. The van der Waals surface area contributed by atoms with Crippen molar-refractivity contribution in [2.24, 2.45) is 0 Å². The highest BCUT2D eigenvalue weighted by Crippen LogP contribution is 2.16. The molecule has 1 atom stereocenters. The van der Waals surface area contributed by atoms with E-state index in [-0.39, 0.29) is 31.1 Å². The van der Waals surface area contributed by atoms with E-state index >= 15 is 0 Å². The lowest BCUT2D eigenvalue weighted by molar-refractivity contribution is -0.167. The summed E-state index contributed by atoms with van der Waals surface area (Å²) in [6.07, 6.45) is 86.6. The van der Waals surface area contributed by atoms with Crippen LogP contribution in [-0.2, 0) is 28.6 Å². The molecule has 0 bridgehead atoms. The summed E-state index contributed by atoms with van der Waals surface area (Å²) in [6, 6.07) is 0. The molecule has 0 aliphatic carbocycles. The van der Waals surface area contributed by atoms with Crippen LogP contribution >= 0.6 is 0 Å². The molecule has 1 unspecified atom stereocenters. The molecule has 0 aromatic rings. The monoisotopic (exact) mass is 1050 g/mol. The molecule has 0 N–H and O–H groups in total. The smallest absolute Gasteiger partial charge is 0.306 e. The summed E-state index contributed by atoms with van der Waals surface area (Å²) < 4.78 is 16.9. The molecular weight excluding hydrogens is 937 g/mol. The fourth-order valence-corrected chi connectivity index (χ4v) is 8.77. The summed E-state index contributed by atoms with van der Waals surface area (Å²) in [5, 5.41) is 0. The maximum atomic E-state index is 12.9. The molecule has 0 amide bonds. The van der Waals surface area contributed by atoms with E-state index < -0.39 is 6.10 Å². The zero-order valence-electron chi connectivity index (χ0n) is 49.7. The van der Waals surface area contributed by atoms with E-state index in [1.807, 2.05) is 0 Å². The summed E-state index contributed by atoms with van der Waals surface area (Å²) in [4.78, 5) is 38.3. The van der Waals surface area contributed by atoms with Crippen LogP contribution in [0.2, 0.25) is 0 Å². The predicted octanol–water partition coefficient (Wildman–Crippen LogP) is 21.8. The van der Waals surface area contributed by atoms with Crippen LogP contribution in [0.5, 0.6) is 0 Å². The number of esters is 3. The van der Waals surface area contributed by atoms with Crippen LogP contribution in [0.4, 0.5) is 0 Å². The third kappa shape index (κ3) is 60.9. The van der Waals surface area contributed by atoms with Crippen LogP contribution in [-0.4, -0.2) is 37.2 Å². The fraction of sp³-hybridized carbons (Fsp3) is 0.700. The van der Waals surface area contributed by atoms with Gasteiger partial charge in [0.15, 0.2) is 6.10 Å². The normalized spacial score (nSPS) is 12.8. The Labute approximate surface area is 470 Å². The lowest BCUT2D eigenvalue weighted by atomic mass is 10.1. The molecule has 0 aromatic heterocycles. The summed E-state index contributed by atoms with van der Waals surface area (Å²) in [7, 11) is 0. The van der Waals surface area contributed by atoms with Gasteiger partial charge >= 0.3 is 17.9 Å². The van der Waals surface area contributed by atoms with Gasteiger partial charge in [0.2, 0.25) is 0 Å². The number of unbranched alkanes of at least 4 members (excludes halogenated alkanes) is 28. The SMILES string of the molecule is CC/C=C\C/C=C\C/C=C\C/C=C\C/C=C\CCCCCCCCCCCC(=O)OCC(COC(=O)CCCCCCC/C=C\C/C=C\C/C=C\CC)OC(=O)CCCCCCCCC/C=C\CCCCCCCCC. The van der Waals surface area contributed by atoms with E-state index in [4.69, 9.17) is 14.2 Å². The van der Waals surface area contributed by atoms with E-state index in [2.05, 4.69) is 130 Å². The lowest BCUT2D eigenvalue weighted by Crippen LogP contribution is -2.30. The van der Waals surface area contributed by atoms with E-state index in [0.29, 0.717) is 19.3 Å². The summed E-state index contributed by atoms with van der Waals surface area (Å²) in [5.41, 5.74) is 0. The Balaban J connectivity index is 4.38. The van der Waals surface area contributed by atoms with Crippen molar-refractivity contribution in [3.05, 3.63) is 109 Å². The van der Waals surface area contributed by atoms with Gasteiger partial charge in [-0.1, -0.05) is 265 Å². The molecule has 0 radical (unpaired) electrons. The first-order chi connectivity index (χ1) is 37.5. The minimum absolute atomic E-state index is 0.0890. The van der Waals surface area contributed by atoms with Crippen molar-refractivity contribution in [3.63, 3.8) is 0 Å². The fourth-order valence-electron chi connectivity index (χ4n) is 8.77. The average Bonchev–Trinajstić information content (AvgIpc) is 3.42. The highest BCUT2D eigenvalue weighted by atomic mass is 16.6. The van der Waals surface area contributed by atoms with Gasteiger partial charge in [-0.05, 0) is 122 Å². The summed E-state index contributed by atoms with van der Waals surface area (Å²) >= 11 is 0. The van der Waals surface area contributed by atoms with Crippen molar-refractivity contribution in [2.45, 2.75) is 303 Å². The quantitative estimate of drug-likeness (QED) is 0.0261. The number of hydrogen-bond acceptors (Lipinski definition) is 6. The Morgan fingerprint density at radius 3 is 0.816 bits per heavy atom. The molecular formula is C70H118O6. The van der Waals surface area contributed by atoms with Gasteiger partial charge in [0, 0.05) is 19.3 Å². The molecule has 0 saturated heterocycles. The first kappa shape index (κ1) is 72.1. The van der Waals surface area contributed by atoms with Crippen molar-refractivity contribution in [1.29, 1.82) is 0 Å². The zero-order chi connectivity index (χ0) is 55.0. The van der Waals surface area contributed by atoms with Gasteiger partial charge in [0.25, 0.3) is 0 Å². The second-order valence-electron chi connectivity index (χ2n) is 20.9. The molecule has 0 saturated carbocycles. The average molecular weight is 1060 g/mol. The summed E-state index contributed by atoms with van der Waals surface area (Å²) in [5.74, 6) is -0.909.